The van der Waals surface area contributed by atoms with E-state index in [1.165, 1.54) is 0 Å². The molecular formula is C27H26ClN3O6. The Morgan fingerprint density at radius 2 is 2.05 bits per heavy atom. The number of aryl methyl sites for hydroxylation is 1. The predicted octanol–water partition coefficient (Wildman–Crippen LogP) is 2.43. The van der Waals surface area contributed by atoms with Crippen LogP contribution < -0.4 is 10.9 Å². The molecule has 0 bridgehead atoms. The van der Waals surface area contributed by atoms with Gasteiger partial charge < -0.3 is 24.8 Å². The average molecular weight is 524 g/mol. The summed E-state index contributed by atoms with van der Waals surface area (Å²) in [4.78, 5) is 43.4. The highest BCUT2D eigenvalue weighted by atomic mass is 35.5. The molecule has 4 heterocycles. The summed E-state index contributed by atoms with van der Waals surface area (Å²) in [5.74, 6) is -1.22. The Morgan fingerprint density at radius 1 is 1.30 bits per heavy atom. The van der Waals surface area contributed by atoms with Crippen molar-refractivity contribution in [3.05, 3.63) is 61.4 Å². The van der Waals surface area contributed by atoms with Crippen LogP contribution in [-0.2, 0) is 39.6 Å². The number of aromatic nitrogens is 2. The Kier molecular flexibility index (Phi) is 5.45. The number of nitrogens with zero attached hydrogens (tertiary/aromatic N) is 2. The van der Waals surface area contributed by atoms with Gasteiger partial charge in [0.05, 0.1) is 29.0 Å². The van der Waals surface area contributed by atoms with Crippen molar-refractivity contribution in [2.24, 2.45) is 5.92 Å². The number of pyridine rings is 2. The van der Waals surface area contributed by atoms with Crippen LogP contribution in [0.1, 0.15) is 54.0 Å². The summed E-state index contributed by atoms with van der Waals surface area (Å²) in [5.41, 5.74) is 2.16. The molecule has 2 aromatic heterocycles. The van der Waals surface area contributed by atoms with Crippen LogP contribution in [0.15, 0.2) is 23.0 Å². The molecule has 10 heteroatoms. The van der Waals surface area contributed by atoms with Gasteiger partial charge in [-0.15, -0.1) is 0 Å². The number of amides is 1. The van der Waals surface area contributed by atoms with Gasteiger partial charge in [-0.3, -0.25) is 9.59 Å². The molecule has 37 heavy (non-hydrogen) atoms. The molecule has 6 rings (SSSR count). The Bertz CT molecular complexity index is 1580. The van der Waals surface area contributed by atoms with E-state index in [0.717, 1.165) is 34.9 Å². The van der Waals surface area contributed by atoms with E-state index in [1.807, 2.05) is 13.0 Å². The second-order valence-electron chi connectivity index (χ2n) is 10.1. The highest BCUT2D eigenvalue weighted by Gasteiger charge is 2.45. The first-order valence-electron chi connectivity index (χ1n) is 12.4. The van der Waals surface area contributed by atoms with Crippen LogP contribution in [0.3, 0.4) is 0 Å². The largest absolute Gasteiger partial charge is 0.458 e. The van der Waals surface area contributed by atoms with E-state index in [4.69, 9.17) is 21.3 Å². The average Bonchev–Trinajstić information content (AvgIpc) is 3.66. The Hall–Kier alpha value is -3.27. The zero-order valence-corrected chi connectivity index (χ0v) is 21.2. The van der Waals surface area contributed by atoms with Gasteiger partial charge in [0.1, 0.15) is 12.7 Å². The maximum atomic E-state index is 13.5. The number of cyclic esters (lactones) is 1. The lowest BCUT2D eigenvalue weighted by molar-refractivity contribution is -0.172. The maximum Gasteiger partial charge on any atom is 0.343 e. The molecule has 0 unspecified atom stereocenters. The van der Waals surface area contributed by atoms with Gasteiger partial charge in [-0.2, -0.15) is 0 Å². The van der Waals surface area contributed by atoms with Crippen molar-refractivity contribution in [1.29, 1.82) is 0 Å². The van der Waals surface area contributed by atoms with E-state index >= 15 is 0 Å². The van der Waals surface area contributed by atoms with Gasteiger partial charge in [0.15, 0.2) is 5.60 Å². The second-order valence-corrected chi connectivity index (χ2v) is 10.5. The molecule has 2 atom stereocenters. The minimum absolute atomic E-state index is 0.00246. The molecule has 3 N–H and O–H groups in total. The Morgan fingerprint density at radius 3 is 2.76 bits per heavy atom. The molecule has 0 radical (unpaired) electrons. The normalized spacial score (nSPS) is 20.7. The summed E-state index contributed by atoms with van der Waals surface area (Å²) in [5, 5.41) is 25.6. The molecule has 1 amide bonds. The number of benzene rings is 1. The van der Waals surface area contributed by atoms with Crippen LogP contribution in [0.2, 0.25) is 5.02 Å². The van der Waals surface area contributed by atoms with Crippen LogP contribution in [0.25, 0.3) is 22.3 Å². The van der Waals surface area contributed by atoms with Crippen molar-refractivity contribution in [3.8, 4) is 11.4 Å². The monoisotopic (exact) mass is 523 g/mol. The van der Waals surface area contributed by atoms with E-state index in [0.29, 0.717) is 21.9 Å². The van der Waals surface area contributed by atoms with E-state index in [1.54, 1.807) is 23.6 Å². The van der Waals surface area contributed by atoms with Crippen molar-refractivity contribution in [2.75, 3.05) is 0 Å². The second kappa shape index (κ2) is 8.37. The number of ether oxygens (including phenoxy) is 1. The summed E-state index contributed by atoms with van der Waals surface area (Å²) in [6.45, 7) is 3.66. The Labute approximate surface area is 217 Å². The quantitative estimate of drug-likeness (QED) is 0.342. The molecule has 1 aliphatic carbocycles. The standard InChI is InChI=1S/C27H26ClN3O6/c1-3-27(36)18-7-21-22-16(10-31(21)25(34)17(18)11-37-26(27)35)15(9-29-24(33)23(32)13-4-5-13)14-6-12(2)19(28)8-20(14)30-22/h6-8,13,23,32,36H,3-5,9-11H2,1-2H3,(H,29,33)/t23-,27-/m0/s1. The lowest BCUT2D eigenvalue weighted by Crippen LogP contribution is -2.44. The van der Waals surface area contributed by atoms with Crippen LogP contribution in [-0.4, -0.2) is 37.7 Å². The maximum absolute atomic E-state index is 13.5. The number of hydrogen-bond donors (Lipinski definition) is 3. The lowest BCUT2D eigenvalue weighted by atomic mass is 9.86. The van der Waals surface area contributed by atoms with Crippen LogP contribution in [0.4, 0.5) is 0 Å². The van der Waals surface area contributed by atoms with Crippen LogP contribution in [0.5, 0.6) is 0 Å². The fourth-order valence-corrected chi connectivity index (χ4v) is 5.56. The third kappa shape index (κ3) is 3.59. The predicted molar refractivity (Wildman–Crippen MR) is 135 cm³/mol. The zero-order valence-electron chi connectivity index (χ0n) is 20.4. The minimum atomic E-state index is -1.92. The third-order valence-corrected chi connectivity index (χ3v) is 8.27. The van der Waals surface area contributed by atoms with Gasteiger partial charge >= 0.3 is 5.97 Å². The van der Waals surface area contributed by atoms with Crippen molar-refractivity contribution < 1.29 is 24.5 Å². The van der Waals surface area contributed by atoms with E-state index < -0.39 is 23.6 Å². The van der Waals surface area contributed by atoms with E-state index in [9.17, 15) is 24.6 Å². The zero-order chi connectivity index (χ0) is 26.2. The van der Waals surface area contributed by atoms with E-state index in [2.05, 4.69) is 5.32 Å². The highest BCUT2D eigenvalue weighted by molar-refractivity contribution is 6.32. The number of carbonyl (C=O) groups excluding carboxylic acids is 2. The van der Waals surface area contributed by atoms with Crippen LogP contribution in [0, 0.1) is 12.8 Å². The smallest absolute Gasteiger partial charge is 0.343 e. The van der Waals surface area contributed by atoms with Crippen molar-refractivity contribution in [3.63, 3.8) is 0 Å². The molecule has 2 aliphatic heterocycles. The molecule has 1 fully saturated rings. The van der Waals surface area contributed by atoms with Gasteiger partial charge in [0, 0.05) is 28.1 Å². The number of aliphatic hydroxyl groups is 2. The van der Waals surface area contributed by atoms with Crippen molar-refractivity contribution in [1.82, 2.24) is 14.9 Å². The van der Waals surface area contributed by atoms with Gasteiger partial charge in [0.25, 0.3) is 5.56 Å². The Balaban J connectivity index is 1.53. The highest BCUT2D eigenvalue weighted by Crippen LogP contribution is 2.41. The summed E-state index contributed by atoms with van der Waals surface area (Å²) in [7, 11) is 0. The number of aliphatic hydroxyl groups excluding tert-OH is 1. The van der Waals surface area contributed by atoms with Crippen LogP contribution >= 0.6 is 11.6 Å². The molecule has 3 aliphatic rings. The van der Waals surface area contributed by atoms with Gasteiger partial charge in [-0.25, -0.2) is 9.78 Å². The number of hydrogen-bond acceptors (Lipinski definition) is 7. The van der Waals surface area contributed by atoms with Gasteiger partial charge in [-0.1, -0.05) is 18.5 Å². The first-order valence-corrected chi connectivity index (χ1v) is 12.8. The molecule has 0 spiro atoms. The number of carbonyl (C=O) groups is 2. The van der Waals surface area contributed by atoms with E-state index in [-0.39, 0.29) is 48.7 Å². The van der Waals surface area contributed by atoms with Crippen molar-refractivity contribution >= 4 is 34.4 Å². The summed E-state index contributed by atoms with van der Waals surface area (Å²) in [6, 6.07) is 5.30. The SMILES string of the molecule is CC[C@@]1(O)C(=O)OCc2c1cc1n(c2=O)Cc2c-1nc1cc(Cl)c(C)cc1c2CNC(=O)[C@@H](O)C1CC1. The number of esters is 1. The fourth-order valence-electron chi connectivity index (χ4n) is 5.40. The fraction of sp³-hybridized carbons (Fsp3) is 0.407. The number of halogens is 1. The minimum Gasteiger partial charge on any atom is -0.458 e. The molecule has 9 nitrogen and oxygen atoms in total. The van der Waals surface area contributed by atoms with Gasteiger partial charge in [-0.05, 0) is 61.4 Å². The molecule has 192 valence electrons. The summed E-state index contributed by atoms with van der Waals surface area (Å²) >= 11 is 6.41. The molecule has 1 aromatic carbocycles. The molecule has 3 aromatic rings. The lowest BCUT2D eigenvalue weighted by Gasteiger charge is -2.31. The first-order chi connectivity index (χ1) is 17.6. The van der Waals surface area contributed by atoms with Crippen molar-refractivity contribution in [2.45, 2.75) is 64.5 Å². The molecular weight excluding hydrogens is 498 g/mol. The van der Waals surface area contributed by atoms with Gasteiger partial charge in [0.2, 0.25) is 5.91 Å². The molecule has 1 saturated carbocycles. The topological polar surface area (TPSA) is 131 Å². The third-order valence-electron chi connectivity index (χ3n) is 7.86. The molecule has 0 saturated heterocycles. The summed E-state index contributed by atoms with van der Waals surface area (Å²) < 4.78 is 6.71. The number of fused-ring (bicyclic) bond motifs is 5. The summed E-state index contributed by atoms with van der Waals surface area (Å²) in [6.07, 6.45) is 0.668. The number of rotatable bonds is 5. The number of nitrogens with one attached hydrogen (secondary N) is 1. The first kappa shape index (κ1) is 24.1.